The lowest BCUT2D eigenvalue weighted by Gasteiger charge is -2.08. The second-order valence-corrected chi connectivity index (χ2v) is 5.72. The van der Waals surface area contributed by atoms with E-state index in [0.717, 1.165) is 33.4 Å². The van der Waals surface area contributed by atoms with Gasteiger partial charge in [0.05, 0.1) is 5.69 Å². The van der Waals surface area contributed by atoms with E-state index in [9.17, 15) is 0 Å². The van der Waals surface area contributed by atoms with Gasteiger partial charge in [0.25, 0.3) is 0 Å². The van der Waals surface area contributed by atoms with Crippen LogP contribution in [-0.2, 0) is 0 Å². The van der Waals surface area contributed by atoms with Gasteiger partial charge in [0.15, 0.2) is 5.65 Å². The minimum absolute atomic E-state index is 0.553. The lowest BCUT2D eigenvalue weighted by atomic mass is 10.2. The highest BCUT2D eigenvalue weighted by molar-refractivity contribution is 5.93. The number of H-pyrrole nitrogens is 1. The summed E-state index contributed by atoms with van der Waals surface area (Å²) in [6.45, 7) is 0. The molecular formula is C19H14N6. The van der Waals surface area contributed by atoms with Crippen molar-refractivity contribution in [3.63, 3.8) is 0 Å². The van der Waals surface area contributed by atoms with Crippen molar-refractivity contribution in [2.24, 2.45) is 0 Å². The van der Waals surface area contributed by atoms with Gasteiger partial charge in [-0.1, -0.05) is 12.1 Å². The first-order valence-electron chi connectivity index (χ1n) is 7.97. The van der Waals surface area contributed by atoms with Crippen LogP contribution in [0.4, 0.5) is 11.6 Å². The third-order valence-corrected chi connectivity index (χ3v) is 4.16. The normalized spacial score (nSPS) is 11.2. The summed E-state index contributed by atoms with van der Waals surface area (Å²) in [4.78, 5) is 16.7. The standard InChI is InChI=1S/C19H14N6/c1-2-9-21-17(6-1)25-11-8-13-12-22-19(24-18(13)25)23-16-5-3-4-15-14(16)7-10-20-15/h1-12,20H,(H,22,23,24). The molecule has 0 aliphatic heterocycles. The van der Waals surface area contributed by atoms with Gasteiger partial charge in [0.1, 0.15) is 5.82 Å². The predicted octanol–water partition coefficient (Wildman–Crippen LogP) is 4.04. The van der Waals surface area contributed by atoms with Gasteiger partial charge in [-0.3, -0.25) is 4.57 Å². The average Bonchev–Trinajstić information content (AvgIpc) is 3.29. The minimum atomic E-state index is 0.553. The molecule has 6 heteroatoms. The Morgan fingerprint density at radius 3 is 2.88 bits per heavy atom. The van der Waals surface area contributed by atoms with E-state index in [0.29, 0.717) is 5.95 Å². The van der Waals surface area contributed by atoms with Gasteiger partial charge in [-0.15, -0.1) is 0 Å². The Hall–Kier alpha value is -3.67. The van der Waals surface area contributed by atoms with E-state index in [-0.39, 0.29) is 0 Å². The molecule has 25 heavy (non-hydrogen) atoms. The van der Waals surface area contributed by atoms with E-state index in [2.05, 4.69) is 25.3 Å². The maximum absolute atomic E-state index is 4.69. The maximum Gasteiger partial charge on any atom is 0.229 e. The van der Waals surface area contributed by atoms with Crippen molar-refractivity contribution >= 4 is 33.6 Å². The molecule has 0 spiro atoms. The van der Waals surface area contributed by atoms with Crippen molar-refractivity contribution in [2.45, 2.75) is 0 Å². The number of aromatic nitrogens is 5. The number of benzene rings is 1. The summed E-state index contributed by atoms with van der Waals surface area (Å²) >= 11 is 0. The van der Waals surface area contributed by atoms with Crippen molar-refractivity contribution in [3.05, 3.63) is 73.3 Å². The predicted molar refractivity (Wildman–Crippen MR) is 98.2 cm³/mol. The summed E-state index contributed by atoms with van der Waals surface area (Å²) in [6.07, 6.45) is 7.47. The van der Waals surface area contributed by atoms with Crippen molar-refractivity contribution in [3.8, 4) is 5.82 Å². The Kier molecular flexibility index (Phi) is 3.00. The van der Waals surface area contributed by atoms with Gasteiger partial charge in [-0.05, 0) is 36.4 Å². The van der Waals surface area contributed by atoms with Crippen LogP contribution in [0.25, 0.3) is 27.8 Å². The van der Waals surface area contributed by atoms with Crippen molar-refractivity contribution < 1.29 is 0 Å². The van der Waals surface area contributed by atoms with E-state index < -0.39 is 0 Å². The Labute approximate surface area is 143 Å². The smallest absolute Gasteiger partial charge is 0.229 e. The summed E-state index contributed by atoms with van der Waals surface area (Å²) in [6, 6.07) is 15.9. The Morgan fingerprint density at radius 1 is 0.960 bits per heavy atom. The lowest BCUT2D eigenvalue weighted by molar-refractivity contribution is 1.02. The lowest BCUT2D eigenvalue weighted by Crippen LogP contribution is -2.01. The number of nitrogens with one attached hydrogen (secondary N) is 2. The Bertz CT molecular complexity index is 1170. The minimum Gasteiger partial charge on any atom is -0.361 e. The second-order valence-electron chi connectivity index (χ2n) is 5.72. The third-order valence-electron chi connectivity index (χ3n) is 4.16. The summed E-state index contributed by atoms with van der Waals surface area (Å²) < 4.78 is 1.96. The molecular weight excluding hydrogens is 312 g/mol. The molecule has 0 radical (unpaired) electrons. The first-order valence-corrected chi connectivity index (χ1v) is 7.97. The van der Waals surface area contributed by atoms with Crippen LogP contribution >= 0.6 is 0 Å². The fourth-order valence-electron chi connectivity index (χ4n) is 2.97. The maximum atomic E-state index is 4.69. The van der Waals surface area contributed by atoms with Gasteiger partial charge in [0.2, 0.25) is 5.95 Å². The number of pyridine rings is 1. The highest BCUT2D eigenvalue weighted by atomic mass is 15.2. The van der Waals surface area contributed by atoms with Crippen molar-refractivity contribution in [2.75, 3.05) is 5.32 Å². The zero-order valence-electron chi connectivity index (χ0n) is 13.2. The van der Waals surface area contributed by atoms with Crippen LogP contribution in [-0.4, -0.2) is 24.5 Å². The Morgan fingerprint density at radius 2 is 1.96 bits per heavy atom. The molecule has 5 rings (SSSR count). The van der Waals surface area contributed by atoms with Crippen LogP contribution in [0.1, 0.15) is 0 Å². The summed E-state index contributed by atoms with van der Waals surface area (Å²) in [7, 11) is 0. The van der Waals surface area contributed by atoms with Gasteiger partial charge in [-0.2, -0.15) is 4.98 Å². The number of anilines is 2. The number of nitrogens with zero attached hydrogens (tertiary/aromatic N) is 4. The summed E-state index contributed by atoms with van der Waals surface area (Å²) in [5, 5.41) is 5.39. The number of hydrogen-bond donors (Lipinski definition) is 2. The number of fused-ring (bicyclic) bond motifs is 2. The molecule has 4 aromatic heterocycles. The molecule has 0 fully saturated rings. The fourth-order valence-corrected chi connectivity index (χ4v) is 2.97. The van der Waals surface area contributed by atoms with Gasteiger partial charge in [0, 0.05) is 41.1 Å². The molecule has 5 aromatic rings. The molecule has 0 amide bonds. The summed E-state index contributed by atoms with van der Waals surface area (Å²) in [5.41, 5.74) is 2.86. The third kappa shape index (κ3) is 2.31. The molecule has 2 N–H and O–H groups in total. The second kappa shape index (κ2) is 5.45. The fraction of sp³-hybridized carbons (Fsp3) is 0. The monoisotopic (exact) mass is 326 g/mol. The van der Waals surface area contributed by atoms with Crippen molar-refractivity contribution in [1.82, 2.24) is 24.5 Å². The van der Waals surface area contributed by atoms with E-state index >= 15 is 0 Å². The van der Waals surface area contributed by atoms with Gasteiger partial charge < -0.3 is 10.3 Å². The molecule has 4 heterocycles. The van der Waals surface area contributed by atoms with Crippen LogP contribution in [0, 0.1) is 0 Å². The van der Waals surface area contributed by atoms with Crippen LogP contribution in [0.15, 0.2) is 73.3 Å². The molecule has 1 aromatic carbocycles. The highest BCUT2D eigenvalue weighted by Gasteiger charge is 2.09. The van der Waals surface area contributed by atoms with Gasteiger partial charge in [-0.25, -0.2) is 9.97 Å². The number of aromatic amines is 1. The van der Waals surface area contributed by atoms with Crippen LogP contribution in [0.3, 0.4) is 0 Å². The van der Waals surface area contributed by atoms with Crippen LogP contribution in [0.5, 0.6) is 0 Å². The molecule has 0 saturated carbocycles. The number of hydrogen-bond acceptors (Lipinski definition) is 4. The molecule has 0 unspecified atom stereocenters. The van der Waals surface area contributed by atoms with Gasteiger partial charge >= 0.3 is 0 Å². The SMILES string of the molecule is c1ccc(-n2ccc3cnc(Nc4cccc5[nH]ccc45)nc32)nc1. The molecule has 6 nitrogen and oxygen atoms in total. The largest absolute Gasteiger partial charge is 0.361 e. The van der Waals surface area contributed by atoms with Crippen molar-refractivity contribution in [1.29, 1.82) is 0 Å². The number of rotatable bonds is 3. The average molecular weight is 326 g/mol. The topological polar surface area (TPSA) is 71.4 Å². The first kappa shape index (κ1) is 13.7. The zero-order chi connectivity index (χ0) is 16.6. The molecule has 0 saturated heterocycles. The summed E-state index contributed by atoms with van der Waals surface area (Å²) in [5.74, 6) is 1.38. The van der Waals surface area contributed by atoms with Crippen LogP contribution < -0.4 is 5.32 Å². The quantitative estimate of drug-likeness (QED) is 0.525. The van der Waals surface area contributed by atoms with E-state index in [1.54, 1.807) is 6.20 Å². The molecule has 120 valence electrons. The Balaban J connectivity index is 1.59. The van der Waals surface area contributed by atoms with E-state index in [1.807, 2.05) is 71.7 Å². The van der Waals surface area contributed by atoms with E-state index in [4.69, 9.17) is 0 Å². The first-order chi connectivity index (χ1) is 12.4. The molecule has 0 aliphatic carbocycles. The van der Waals surface area contributed by atoms with Crippen LogP contribution in [0.2, 0.25) is 0 Å². The zero-order valence-corrected chi connectivity index (χ0v) is 13.2. The molecule has 0 atom stereocenters. The van der Waals surface area contributed by atoms with E-state index in [1.165, 1.54) is 0 Å². The molecule has 0 aliphatic rings. The highest BCUT2D eigenvalue weighted by Crippen LogP contribution is 2.25. The molecule has 0 bridgehead atoms.